The van der Waals surface area contributed by atoms with Crippen molar-refractivity contribution in [1.29, 1.82) is 0 Å². The lowest BCUT2D eigenvalue weighted by atomic mass is 10.1. The maximum absolute atomic E-state index is 12.7. The third-order valence-corrected chi connectivity index (χ3v) is 5.08. The lowest BCUT2D eigenvalue weighted by Crippen LogP contribution is -3.08. The fraction of sp³-hybridized carbons (Fsp3) is 0.391. The summed E-state index contributed by atoms with van der Waals surface area (Å²) in [7, 11) is 8.62. The number of ether oxygens (including phenoxy) is 2. The first-order valence-corrected chi connectivity index (χ1v) is 9.86. The van der Waals surface area contributed by atoms with Gasteiger partial charge in [-0.3, -0.25) is 9.59 Å². The zero-order valence-electron chi connectivity index (χ0n) is 18.7. The summed E-state index contributed by atoms with van der Waals surface area (Å²) in [6.45, 7) is 3.57. The van der Waals surface area contributed by atoms with Crippen molar-refractivity contribution in [2.45, 2.75) is 20.0 Å². The Labute approximate surface area is 178 Å². The summed E-state index contributed by atoms with van der Waals surface area (Å²) in [6.07, 6.45) is 0. The Morgan fingerprint density at radius 3 is 2.23 bits per heavy atom. The number of hydrogen-bond donors (Lipinski definition) is 2. The molecular formula is C23H32N3O4+. The van der Waals surface area contributed by atoms with E-state index in [-0.39, 0.29) is 11.8 Å². The van der Waals surface area contributed by atoms with Crippen LogP contribution in [0.2, 0.25) is 0 Å². The van der Waals surface area contributed by atoms with E-state index in [1.54, 1.807) is 38.3 Å². The molecule has 162 valence electrons. The lowest BCUT2D eigenvalue weighted by molar-refractivity contribution is -0.885. The minimum atomic E-state index is -0.107. The van der Waals surface area contributed by atoms with Gasteiger partial charge in [0.05, 0.1) is 21.3 Å². The highest BCUT2D eigenvalue weighted by atomic mass is 16.5. The first-order valence-electron chi connectivity index (χ1n) is 9.86. The van der Waals surface area contributed by atoms with Crippen molar-refractivity contribution in [3.63, 3.8) is 0 Å². The highest BCUT2D eigenvalue weighted by Gasteiger charge is 2.17. The lowest BCUT2D eigenvalue weighted by Gasteiger charge is -2.22. The molecule has 2 rings (SSSR count). The molecule has 2 N–H and O–H groups in total. The molecule has 2 aromatic carbocycles. The van der Waals surface area contributed by atoms with Crippen molar-refractivity contribution in [2.75, 3.05) is 41.9 Å². The number of quaternary nitrogens is 1. The van der Waals surface area contributed by atoms with Crippen LogP contribution in [-0.4, -0.2) is 58.6 Å². The van der Waals surface area contributed by atoms with Crippen LogP contribution in [0.3, 0.4) is 0 Å². The molecule has 0 heterocycles. The number of rotatable bonds is 9. The quantitative estimate of drug-likeness (QED) is 0.643. The Hall–Kier alpha value is -3.06. The van der Waals surface area contributed by atoms with Crippen LogP contribution in [0.5, 0.6) is 11.5 Å². The van der Waals surface area contributed by atoms with Crippen LogP contribution in [0.1, 0.15) is 27.0 Å². The first kappa shape index (κ1) is 23.2. The third kappa shape index (κ3) is 5.97. The van der Waals surface area contributed by atoms with Crippen LogP contribution in [-0.2, 0) is 17.9 Å². The maximum atomic E-state index is 12.7. The number of benzene rings is 2. The van der Waals surface area contributed by atoms with E-state index in [2.05, 4.69) is 5.32 Å². The average Bonchev–Trinajstić information content (AvgIpc) is 2.74. The number of carbonyl (C=O) groups is 2. The molecule has 1 atom stereocenters. The van der Waals surface area contributed by atoms with Crippen molar-refractivity contribution in [3.8, 4) is 11.5 Å². The van der Waals surface area contributed by atoms with Crippen LogP contribution in [0, 0.1) is 6.92 Å². The molecule has 0 aliphatic rings. The molecule has 2 aromatic rings. The van der Waals surface area contributed by atoms with Gasteiger partial charge in [-0.25, -0.2) is 0 Å². The molecule has 0 bridgehead atoms. The standard InChI is InChI=1S/C23H31N3O4/c1-16-11-20(29-5)21(30-6)12-19(16)14-26(4)22(27)15-25(3)13-17-7-9-18(10-8-17)23(28)24-2/h7-12H,13-15H2,1-6H3,(H,24,28)/p+1. The summed E-state index contributed by atoms with van der Waals surface area (Å²) in [5.41, 5.74) is 3.77. The topological polar surface area (TPSA) is 72.3 Å². The third-order valence-electron chi connectivity index (χ3n) is 5.08. The molecular weight excluding hydrogens is 382 g/mol. The number of likely N-dealkylation sites (N-methyl/N-ethyl adjacent to an activating group) is 2. The van der Waals surface area contributed by atoms with Gasteiger partial charge in [-0.15, -0.1) is 0 Å². The first-order chi connectivity index (χ1) is 14.3. The Kier molecular flexibility index (Phi) is 8.24. The Balaban J connectivity index is 1.96. The summed E-state index contributed by atoms with van der Waals surface area (Å²) in [5, 5.41) is 2.61. The van der Waals surface area contributed by atoms with Gasteiger partial charge in [0.15, 0.2) is 18.0 Å². The van der Waals surface area contributed by atoms with Gasteiger partial charge < -0.3 is 24.6 Å². The summed E-state index contributed by atoms with van der Waals surface area (Å²) in [6, 6.07) is 11.3. The van der Waals surface area contributed by atoms with Gasteiger partial charge in [-0.05, 0) is 42.3 Å². The normalized spacial score (nSPS) is 11.5. The molecule has 0 fully saturated rings. The summed E-state index contributed by atoms with van der Waals surface area (Å²) in [4.78, 5) is 27.2. The van der Waals surface area contributed by atoms with Crippen LogP contribution >= 0.6 is 0 Å². The van der Waals surface area contributed by atoms with Crippen molar-refractivity contribution >= 4 is 11.8 Å². The number of nitrogens with one attached hydrogen (secondary N) is 2. The molecule has 0 aromatic heterocycles. The van der Waals surface area contributed by atoms with Gasteiger partial charge in [0.2, 0.25) is 0 Å². The van der Waals surface area contributed by atoms with Gasteiger partial charge in [-0.2, -0.15) is 0 Å². The molecule has 30 heavy (non-hydrogen) atoms. The zero-order chi connectivity index (χ0) is 22.3. The number of nitrogens with zero attached hydrogens (tertiary/aromatic N) is 1. The second-order valence-electron chi connectivity index (χ2n) is 7.47. The van der Waals surface area contributed by atoms with Crippen molar-refractivity contribution in [1.82, 2.24) is 10.2 Å². The number of amides is 2. The summed E-state index contributed by atoms with van der Waals surface area (Å²) >= 11 is 0. The van der Waals surface area contributed by atoms with Crippen LogP contribution < -0.4 is 19.7 Å². The molecule has 0 radical (unpaired) electrons. The zero-order valence-corrected chi connectivity index (χ0v) is 18.7. The van der Waals surface area contributed by atoms with Crippen molar-refractivity contribution in [3.05, 3.63) is 58.7 Å². The maximum Gasteiger partial charge on any atom is 0.277 e. The molecule has 0 saturated carbocycles. The van der Waals surface area contributed by atoms with Crippen molar-refractivity contribution < 1.29 is 24.0 Å². The molecule has 7 nitrogen and oxygen atoms in total. The van der Waals surface area contributed by atoms with Gasteiger partial charge in [-0.1, -0.05) is 12.1 Å². The Morgan fingerprint density at radius 1 is 1.07 bits per heavy atom. The van der Waals surface area contributed by atoms with Crippen LogP contribution in [0.15, 0.2) is 36.4 Å². The second kappa shape index (κ2) is 10.6. The summed E-state index contributed by atoms with van der Waals surface area (Å²) < 4.78 is 10.7. The molecule has 0 aliphatic carbocycles. The number of methoxy groups -OCH3 is 2. The molecule has 7 heteroatoms. The van der Waals surface area contributed by atoms with Gasteiger partial charge in [0.1, 0.15) is 6.54 Å². The van der Waals surface area contributed by atoms with Gasteiger partial charge in [0, 0.05) is 31.8 Å². The molecule has 0 spiro atoms. The number of aryl methyl sites for hydroxylation is 1. The fourth-order valence-corrected chi connectivity index (χ4v) is 3.26. The molecule has 0 saturated heterocycles. The smallest absolute Gasteiger partial charge is 0.277 e. The van der Waals surface area contributed by atoms with Crippen molar-refractivity contribution in [2.24, 2.45) is 0 Å². The van der Waals surface area contributed by atoms with E-state index in [1.165, 1.54) is 0 Å². The average molecular weight is 415 g/mol. The van der Waals surface area contributed by atoms with E-state index in [4.69, 9.17) is 9.47 Å². The van der Waals surface area contributed by atoms with E-state index in [1.807, 2.05) is 45.3 Å². The molecule has 2 amide bonds. The largest absolute Gasteiger partial charge is 0.493 e. The highest BCUT2D eigenvalue weighted by molar-refractivity contribution is 5.93. The monoisotopic (exact) mass is 414 g/mol. The predicted molar refractivity (Wildman–Crippen MR) is 116 cm³/mol. The SMILES string of the molecule is CNC(=O)c1ccc(C[NH+](C)CC(=O)N(C)Cc2cc(OC)c(OC)cc2C)cc1. The van der Waals surface area contributed by atoms with E-state index in [9.17, 15) is 9.59 Å². The van der Waals surface area contributed by atoms with Crippen LogP contribution in [0.4, 0.5) is 0 Å². The van der Waals surface area contributed by atoms with Gasteiger partial charge >= 0.3 is 0 Å². The van der Waals surface area contributed by atoms with E-state index >= 15 is 0 Å². The minimum Gasteiger partial charge on any atom is -0.493 e. The summed E-state index contributed by atoms with van der Waals surface area (Å²) in [5.74, 6) is 1.29. The number of hydrogen-bond acceptors (Lipinski definition) is 4. The minimum absolute atomic E-state index is 0.0589. The number of carbonyl (C=O) groups excluding carboxylic acids is 2. The van der Waals surface area contributed by atoms with E-state index in [0.717, 1.165) is 21.6 Å². The Morgan fingerprint density at radius 2 is 1.67 bits per heavy atom. The molecule has 1 unspecified atom stereocenters. The van der Waals surface area contributed by atoms with Crippen LogP contribution in [0.25, 0.3) is 0 Å². The van der Waals surface area contributed by atoms with Gasteiger partial charge in [0.25, 0.3) is 11.8 Å². The molecule has 0 aliphatic heterocycles. The van der Waals surface area contributed by atoms with E-state index < -0.39 is 0 Å². The van der Waals surface area contributed by atoms with E-state index in [0.29, 0.717) is 36.7 Å². The highest BCUT2D eigenvalue weighted by Crippen LogP contribution is 2.30. The second-order valence-corrected chi connectivity index (χ2v) is 7.47. The predicted octanol–water partition coefficient (Wildman–Crippen LogP) is 1.05. The Bertz CT molecular complexity index is 881. The fourth-order valence-electron chi connectivity index (χ4n) is 3.26.